The summed E-state index contributed by atoms with van der Waals surface area (Å²) in [6.07, 6.45) is 1.73. The van der Waals surface area contributed by atoms with Crippen molar-refractivity contribution in [3.8, 4) is 0 Å². The maximum atomic E-state index is 11.9. The fraction of sp³-hybridized carbons (Fsp3) is 0.562. The standard InChI is InChI=1S/C16H25NO2/c1-5-8-15(16(18)19-6-2)17-14-10-7-9-13(11-14)12(3)4/h7,9-12,15,17H,5-6,8H2,1-4H3. The van der Waals surface area contributed by atoms with Crippen LogP contribution in [0.3, 0.4) is 0 Å². The van der Waals surface area contributed by atoms with Crippen molar-refractivity contribution in [1.29, 1.82) is 0 Å². The first-order valence-electron chi connectivity index (χ1n) is 7.11. The quantitative estimate of drug-likeness (QED) is 0.757. The van der Waals surface area contributed by atoms with E-state index in [1.807, 2.05) is 19.1 Å². The van der Waals surface area contributed by atoms with Crippen LogP contribution < -0.4 is 5.32 Å². The van der Waals surface area contributed by atoms with Gasteiger partial charge in [-0.1, -0.05) is 39.3 Å². The fourth-order valence-corrected chi connectivity index (χ4v) is 1.97. The summed E-state index contributed by atoms with van der Waals surface area (Å²) in [5, 5.41) is 3.29. The molecule has 0 aliphatic rings. The maximum absolute atomic E-state index is 11.9. The van der Waals surface area contributed by atoms with Gasteiger partial charge in [0.05, 0.1) is 6.61 Å². The summed E-state index contributed by atoms with van der Waals surface area (Å²) in [5.74, 6) is 0.313. The number of hydrogen-bond acceptors (Lipinski definition) is 3. The first-order chi connectivity index (χ1) is 9.08. The third-order valence-corrected chi connectivity index (χ3v) is 3.04. The minimum atomic E-state index is -0.257. The van der Waals surface area contributed by atoms with E-state index in [0.29, 0.717) is 12.5 Å². The molecule has 0 radical (unpaired) electrons. The van der Waals surface area contributed by atoms with E-state index in [4.69, 9.17) is 4.74 Å². The highest BCUT2D eigenvalue weighted by molar-refractivity contribution is 5.79. The molecule has 0 saturated carbocycles. The smallest absolute Gasteiger partial charge is 0.328 e. The van der Waals surface area contributed by atoms with Gasteiger partial charge in [0.1, 0.15) is 6.04 Å². The minimum Gasteiger partial charge on any atom is -0.464 e. The van der Waals surface area contributed by atoms with E-state index in [1.54, 1.807) is 0 Å². The minimum absolute atomic E-state index is 0.167. The molecule has 0 heterocycles. The van der Waals surface area contributed by atoms with Gasteiger partial charge in [-0.05, 0) is 37.0 Å². The molecule has 1 atom stereocenters. The summed E-state index contributed by atoms with van der Waals surface area (Å²) in [6, 6.07) is 7.97. The van der Waals surface area contributed by atoms with Crippen LogP contribution in [-0.2, 0) is 9.53 Å². The van der Waals surface area contributed by atoms with Crippen LogP contribution in [0.25, 0.3) is 0 Å². The van der Waals surface area contributed by atoms with Gasteiger partial charge >= 0.3 is 5.97 Å². The predicted octanol–water partition coefficient (Wildman–Crippen LogP) is 3.95. The second-order valence-electron chi connectivity index (χ2n) is 5.02. The third-order valence-electron chi connectivity index (χ3n) is 3.04. The zero-order valence-corrected chi connectivity index (χ0v) is 12.4. The number of carbonyl (C=O) groups excluding carboxylic acids is 1. The molecule has 0 aliphatic heterocycles. The molecule has 0 fully saturated rings. The Kier molecular flexibility index (Phi) is 6.40. The first-order valence-corrected chi connectivity index (χ1v) is 7.11. The lowest BCUT2D eigenvalue weighted by molar-refractivity contribution is -0.144. The second-order valence-corrected chi connectivity index (χ2v) is 5.02. The number of carbonyl (C=O) groups is 1. The van der Waals surface area contributed by atoms with Gasteiger partial charge in [0.25, 0.3) is 0 Å². The molecule has 19 heavy (non-hydrogen) atoms. The molecule has 0 bridgehead atoms. The second kappa shape index (κ2) is 7.82. The molecule has 1 N–H and O–H groups in total. The van der Waals surface area contributed by atoms with Crippen molar-refractivity contribution in [3.05, 3.63) is 29.8 Å². The highest BCUT2D eigenvalue weighted by Crippen LogP contribution is 2.20. The Bertz CT molecular complexity index is 401. The highest BCUT2D eigenvalue weighted by Gasteiger charge is 2.18. The average Bonchev–Trinajstić information content (AvgIpc) is 2.39. The summed E-state index contributed by atoms with van der Waals surface area (Å²) < 4.78 is 5.11. The Balaban J connectivity index is 2.78. The predicted molar refractivity (Wildman–Crippen MR) is 79.5 cm³/mol. The van der Waals surface area contributed by atoms with Gasteiger partial charge in [0, 0.05) is 5.69 Å². The zero-order valence-electron chi connectivity index (χ0n) is 12.4. The van der Waals surface area contributed by atoms with Crippen LogP contribution in [-0.4, -0.2) is 18.6 Å². The van der Waals surface area contributed by atoms with Gasteiger partial charge in [-0.25, -0.2) is 4.79 Å². The van der Waals surface area contributed by atoms with Crippen molar-refractivity contribution in [3.63, 3.8) is 0 Å². The van der Waals surface area contributed by atoms with E-state index in [9.17, 15) is 4.79 Å². The summed E-state index contributed by atoms with van der Waals surface area (Å²) in [5.41, 5.74) is 2.25. The van der Waals surface area contributed by atoms with Crippen LogP contribution in [0.4, 0.5) is 5.69 Å². The molecule has 106 valence electrons. The fourth-order valence-electron chi connectivity index (χ4n) is 1.97. The van der Waals surface area contributed by atoms with Crippen molar-refractivity contribution in [1.82, 2.24) is 0 Å². The van der Waals surface area contributed by atoms with E-state index in [-0.39, 0.29) is 12.0 Å². The normalized spacial score (nSPS) is 12.3. The van der Waals surface area contributed by atoms with E-state index < -0.39 is 0 Å². The Labute approximate surface area is 116 Å². The van der Waals surface area contributed by atoms with Gasteiger partial charge in [-0.3, -0.25) is 0 Å². The Hall–Kier alpha value is -1.51. The topological polar surface area (TPSA) is 38.3 Å². The van der Waals surface area contributed by atoms with Crippen molar-refractivity contribution in [2.75, 3.05) is 11.9 Å². The molecule has 1 rings (SSSR count). The van der Waals surface area contributed by atoms with Crippen molar-refractivity contribution in [2.45, 2.75) is 52.5 Å². The molecule has 1 aromatic rings. The lowest BCUT2D eigenvalue weighted by atomic mass is 10.0. The molecular weight excluding hydrogens is 238 g/mol. The number of ether oxygens (including phenoxy) is 1. The van der Waals surface area contributed by atoms with Crippen LogP contribution in [0.1, 0.15) is 52.0 Å². The van der Waals surface area contributed by atoms with E-state index in [2.05, 4.69) is 38.2 Å². The number of benzene rings is 1. The van der Waals surface area contributed by atoms with Gasteiger partial charge in [-0.15, -0.1) is 0 Å². The SMILES string of the molecule is CCCC(Nc1cccc(C(C)C)c1)C(=O)OCC. The van der Waals surface area contributed by atoms with Crippen LogP contribution >= 0.6 is 0 Å². The summed E-state index contributed by atoms with van der Waals surface area (Å²) >= 11 is 0. The summed E-state index contributed by atoms with van der Waals surface area (Å²) in [7, 11) is 0. The molecule has 3 heteroatoms. The Morgan fingerprint density at radius 3 is 2.63 bits per heavy atom. The van der Waals surface area contributed by atoms with Crippen molar-refractivity contribution in [2.24, 2.45) is 0 Å². The maximum Gasteiger partial charge on any atom is 0.328 e. The molecule has 0 aromatic heterocycles. The van der Waals surface area contributed by atoms with Gasteiger partial charge < -0.3 is 10.1 Å². The van der Waals surface area contributed by atoms with Crippen molar-refractivity contribution < 1.29 is 9.53 Å². The summed E-state index contributed by atoms with van der Waals surface area (Å²) in [4.78, 5) is 11.9. The third kappa shape index (κ3) is 4.93. The van der Waals surface area contributed by atoms with Crippen LogP contribution in [0, 0.1) is 0 Å². The van der Waals surface area contributed by atoms with E-state index >= 15 is 0 Å². The number of rotatable bonds is 7. The molecule has 3 nitrogen and oxygen atoms in total. The molecule has 0 aliphatic carbocycles. The number of hydrogen-bond donors (Lipinski definition) is 1. The highest BCUT2D eigenvalue weighted by atomic mass is 16.5. The number of esters is 1. The molecule has 1 aromatic carbocycles. The zero-order chi connectivity index (χ0) is 14.3. The first kappa shape index (κ1) is 15.5. The Morgan fingerprint density at radius 1 is 1.32 bits per heavy atom. The van der Waals surface area contributed by atoms with Crippen molar-refractivity contribution >= 4 is 11.7 Å². The van der Waals surface area contributed by atoms with Gasteiger partial charge in [0.2, 0.25) is 0 Å². The van der Waals surface area contributed by atoms with E-state index in [1.165, 1.54) is 5.56 Å². The lowest BCUT2D eigenvalue weighted by Crippen LogP contribution is -2.31. The number of nitrogens with one attached hydrogen (secondary N) is 1. The molecule has 0 spiro atoms. The summed E-state index contributed by atoms with van der Waals surface area (Å²) in [6.45, 7) is 8.65. The Morgan fingerprint density at radius 2 is 2.05 bits per heavy atom. The number of anilines is 1. The van der Waals surface area contributed by atoms with Crippen LogP contribution in [0.2, 0.25) is 0 Å². The molecule has 0 saturated heterocycles. The average molecular weight is 263 g/mol. The molecule has 0 amide bonds. The van der Waals surface area contributed by atoms with Gasteiger partial charge in [0.15, 0.2) is 0 Å². The van der Waals surface area contributed by atoms with Crippen LogP contribution in [0.5, 0.6) is 0 Å². The van der Waals surface area contributed by atoms with Gasteiger partial charge in [-0.2, -0.15) is 0 Å². The van der Waals surface area contributed by atoms with Crippen LogP contribution in [0.15, 0.2) is 24.3 Å². The molecular formula is C16H25NO2. The van der Waals surface area contributed by atoms with E-state index in [0.717, 1.165) is 18.5 Å². The monoisotopic (exact) mass is 263 g/mol. The largest absolute Gasteiger partial charge is 0.464 e. The lowest BCUT2D eigenvalue weighted by Gasteiger charge is -2.18. The molecule has 1 unspecified atom stereocenters.